The molecule has 1 aliphatic rings. The Hall–Kier alpha value is -2.70. The highest BCUT2D eigenvalue weighted by molar-refractivity contribution is 5.54. The predicted octanol–water partition coefficient (Wildman–Crippen LogP) is 4.67. The molecular weight excluding hydrogens is 371 g/mol. The second-order valence-electron chi connectivity index (χ2n) is 7.31. The number of rotatable bonds is 8. The van der Waals surface area contributed by atoms with Gasteiger partial charge < -0.3 is 13.9 Å². The summed E-state index contributed by atoms with van der Waals surface area (Å²) in [4.78, 5) is 6.88. The number of benzene rings is 2. The molecule has 1 aromatic heterocycles. The molecule has 3 aromatic rings. The van der Waals surface area contributed by atoms with Crippen molar-refractivity contribution in [2.75, 3.05) is 20.3 Å². The molecule has 1 atom stereocenters. The Balaban J connectivity index is 1.48. The van der Waals surface area contributed by atoms with E-state index in [1.807, 2.05) is 30.3 Å². The first kappa shape index (κ1) is 19.6. The Kier molecular flexibility index (Phi) is 6.22. The Morgan fingerprint density at radius 1 is 1.17 bits per heavy atom. The van der Waals surface area contributed by atoms with Gasteiger partial charge in [-0.05, 0) is 54.8 Å². The number of nitrogens with zero attached hydrogens (tertiary/aromatic N) is 2. The van der Waals surface area contributed by atoms with E-state index in [-0.39, 0.29) is 11.9 Å². The van der Waals surface area contributed by atoms with Gasteiger partial charge in [-0.1, -0.05) is 12.1 Å². The fourth-order valence-electron chi connectivity index (χ4n) is 3.63. The molecule has 0 N–H and O–H groups in total. The SMILES string of the molecule is COc1ccc(-c2nc(CN(Cc3cccc(F)c3)CC3CCCO3)co2)cc1. The van der Waals surface area contributed by atoms with Crippen LogP contribution in [0.5, 0.6) is 5.75 Å². The lowest BCUT2D eigenvalue weighted by Crippen LogP contribution is -2.31. The van der Waals surface area contributed by atoms with Gasteiger partial charge in [0.2, 0.25) is 5.89 Å². The highest BCUT2D eigenvalue weighted by Crippen LogP contribution is 2.23. The van der Waals surface area contributed by atoms with E-state index < -0.39 is 0 Å². The van der Waals surface area contributed by atoms with Crippen molar-refractivity contribution in [3.8, 4) is 17.2 Å². The van der Waals surface area contributed by atoms with E-state index in [9.17, 15) is 4.39 Å². The Morgan fingerprint density at radius 3 is 2.76 bits per heavy atom. The molecule has 1 saturated heterocycles. The molecule has 0 amide bonds. The van der Waals surface area contributed by atoms with Gasteiger partial charge in [-0.15, -0.1) is 0 Å². The van der Waals surface area contributed by atoms with Crippen LogP contribution in [-0.4, -0.2) is 36.2 Å². The van der Waals surface area contributed by atoms with Gasteiger partial charge in [0.15, 0.2) is 0 Å². The van der Waals surface area contributed by atoms with Crippen molar-refractivity contribution < 1.29 is 18.3 Å². The largest absolute Gasteiger partial charge is 0.497 e. The summed E-state index contributed by atoms with van der Waals surface area (Å²) in [6.45, 7) is 2.82. The average Bonchev–Trinajstić information content (AvgIpc) is 3.40. The van der Waals surface area contributed by atoms with Gasteiger partial charge in [0.05, 0.1) is 18.9 Å². The molecule has 0 aliphatic carbocycles. The minimum Gasteiger partial charge on any atom is -0.497 e. The summed E-state index contributed by atoms with van der Waals surface area (Å²) in [7, 11) is 1.64. The predicted molar refractivity (Wildman–Crippen MR) is 108 cm³/mol. The van der Waals surface area contributed by atoms with E-state index in [1.165, 1.54) is 6.07 Å². The minimum atomic E-state index is -0.220. The van der Waals surface area contributed by atoms with E-state index >= 15 is 0 Å². The van der Waals surface area contributed by atoms with Crippen LogP contribution >= 0.6 is 0 Å². The summed E-state index contributed by atoms with van der Waals surface area (Å²) in [6.07, 6.45) is 4.03. The topological polar surface area (TPSA) is 47.7 Å². The quantitative estimate of drug-likeness (QED) is 0.554. The van der Waals surface area contributed by atoms with Gasteiger partial charge in [0, 0.05) is 31.8 Å². The molecule has 1 aliphatic heterocycles. The van der Waals surface area contributed by atoms with Crippen LogP contribution in [0.2, 0.25) is 0 Å². The van der Waals surface area contributed by atoms with Crippen molar-refractivity contribution in [3.63, 3.8) is 0 Å². The number of hydrogen-bond donors (Lipinski definition) is 0. The van der Waals surface area contributed by atoms with Crippen molar-refractivity contribution in [1.82, 2.24) is 9.88 Å². The minimum absolute atomic E-state index is 0.205. The third-order valence-electron chi connectivity index (χ3n) is 5.06. The molecule has 0 bridgehead atoms. The third-order valence-corrected chi connectivity index (χ3v) is 5.06. The van der Waals surface area contributed by atoms with Crippen LogP contribution in [0.15, 0.2) is 59.2 Å². The van der Waals surface area contributed by atoms with E-state index in [0.717, 1.165) is 48.6 Å². The van der Waals surface area contributed by atoms with Gasteiger partial charge >= 0.3 is 0 Å². The van der Waals surface area contributed by atoms with Crippen LogP contribution in [0.4, 0.5) is 4.39 Å². The Morgan fingerprint density at radius 2 is 2.03 bits per heavy atom. The molecule has 6 heteroatoms. The molecule has 29 heavy (non-hydrogen) atoms. The molecule has 152 valence electrons. The van der Waals surface area contributed by atoms with Crippen LogP contribution in [0.1, 0.15) is 24.1 Å². The van der Waals surface area contributed by atoms with E-state index in [1.54, 1.807) is 25.5 Å². The van der Waals surface area contributed by atoms with Crippen molar-refractivity contribution in [3.05, 3.63) is 71.9 Å². The smallest absolute Gasteiger partial charge is 0.226 e. The number of oxazole rings is 1. The maximum Gasteiger partial charge on any atom is 0.226 e. The number of hydrogen-bond acceptors (Lipinski definition) is 5. The molecule has 1 unspecified atom stereocenters. The molecule has 0 spiro atoms. The van der Waals surface area contributed by atoms with E-state index in [4.69, 9.17) is 13.9 Å². The second kappa shape index (κ2) is 9.20. The molecule has 0 radical (unpaired) electrons. The number of aromatic nitrogens is 1. The number of ether oxygens (including phenoxy) is 2. The van der Waals surface area contributed by atoms with Crippen molar-refractivity contribution >= 4 is 0 Å². The lowest BCUT2D eigenvalue weighted by molar-refractivity contribution is 0.0674. The summed E-state index contributed by atoms with van der Waals surface area (Å²) < 4.78 is 30.3. The normalized spacial score (nSPS) is 16.4. The lowest BCUT2D eigenvalue weighted by atomic mass is 10.1. The fourth-order valence-corrected chi connectivity index (χ4v) is 3.63. The molecule has 2 aromatic carbocycles. The zero-order chi connectivity index (χ0) is 20.1. The van der Waals surface area contributed by atoms with Gasteiger partial charge in [-0.25, -0.2) is 9.37 Å². The highest BCUT2D eigenvalue weighted by Gasteiger charge is 2.21. The zero-order valence-electron chi connectivity index (χ0n) is 16.5. The van der Waals surface area contributed by atoms with Crippen LogP contribution in [0.25, 0.3) is 11.5 Å². The van der Waals surface area contributed by atoms with Crippen LogP contribution < -0.4 is 4.74 Å². The fraction of sp³-hybridized carbons (Fsp3) is 0.348. The van der Waals surface area contributed by atoms with Gasteiger partial charge in [-0.3, -0.25) is 4.90 Å². The van der Waals surface area contributed by atoms with Crippen molar-refractivity contribution in [2.24, 2.45) is 0 Å². The van der Waals surface area contributed by atoms with Gasteiger partial charge in [0.25, 0.3) is 0 Å². The van der Waals surface area contributed by atoms with Crippen molar-refractivity contribution in [1.29, 1.82) is 0 Å². The summed E-state index contributed by atoms with van der Waals surface area (Å²) in [6, 6.07) is 14.3. The molecule has 5 nitrogen and oxygen atoms in total. The van der Waals surface area contributed by atoms with Crippen LogP contribution in [-0.2, 0) is 17.8 Å². The average molecular weight is 396 g/mol. The van der Waals surface area contributed by atoms with Gasteiger partial charge in [-0.2, -0.15) is 0 Å². The Labute approximate surface area is 170 Å². The molecular formula is C23H25FN2O3. The van der Waals surface area contributed by atoms with Gasteiger partial charge in [0.1, 0.15) is 17.8 Å². The van der Waals surface area contributed by atoms with Crippen molar-refractivity contribution in [2.45, 2.75) is 32.0 Å². The molecule has 4 rings (SSSR count). The van der Waals surface area contributed by atoms with Crippen LogP contribution in [0, 0.1) is 5.82 Å². The first-order valence-corrected chi connectivity index (χ1v) is 9.87. The summed E-state index contributed by atoms with van der Waals surface area (Å²) in [5, 5.41) is 0. The standard InChI is InChI=1S/C23H25FN2O3/c1-27-21-9-7-18(8-10-21)23-25-20(16-29-23)14-26(15-22-6-3-11-28-22)13-17-4-2-5-19(24)12-17/h2,4-5,7-10,12,16,22H,3,6,11,13-15H2,1H3. The van der Waals surface area contributed by atoms with Crippen LogP contribution in [0.3, 0.4) is 0 Å². The van der Waals surface area contributed by atoms with E-state index in [2.05, 4.69) is 9.88 Å². The maximum absolute atomic E-state index is 13.6. The first-order valence-electron chi connectivity index (χ1n) is 9.87. The molecule has 1 fully saturated rings. The molecule has 2 heterocycles. The Bertz CT molecular complexity index is 920. The highest BCUT2D eigenvalue weighted by atomic mass is 19.1. The maximum atomic E-state index is 13.6. The van der Waals surface area contributed by atoms with E-state index in [0.29, 0.717) is 19.0 Å². The third kappa shape index (κ3) is 5.22. The monoisotopic (exact) mass is 396 g/mol. The summed E-state index contributed by atoms with van der Waals surface area (Å²) >= 11 is 0. The first-order chi connectivity index (χ1) is 14.2. The molecule has 0 saturated carbocycles. The summed E-state index contributed by atoms with van der Waals surface area (Å²) in [5.41, 5.74) is 2.67. The second-order valence-corrected chi connectivity index (χ2v) is 7.31. The lowest BCUT2D eigenvalue weighted by Gasteiger charge is -2.24. The summed E-state index contributed by atoms with van der Waals surface area (Å²) in [5.74, 6) is 1.15. The number of methoxy groups -OCH3 is 1. The zero-order valence-corrected chi connectivity index (χ0v) is 16.5. The number of halogens is 1.